The van der Waals surface area contributed by atoms with E-state index >= 15 is 0 Å². The first-order valence-electron chi connectivity index (χ1n) is 6.14. The maximum atomic E-state index is 11.5. The van der Waals surface area contributed by atoms with E-state index in [0.717, 1.165) is 32.9 Å². The van der Waals surface area contributed by atoms with Gasteiger partial charge in [-0.2, -0.15) is 0 Å². The summed E-state index contributed by atoms with van der Waals surface area (Å²) in [6.07, 6.45) is 2.97. The lowest BCUT2D eigenvalue weighted by Crippen LogP contribution is -1.84. The van der Waals surface area contributed by atoms with Gasteiger partial charge in [0.25, 0.3) is 0 Å². The van der Waals surface area contributed by atoms with Crippen LogP contribution >= 0.6 is 27.7 Å². The molecule has 1 N–H and O–H groups in total. The Morgan fingerprint density at radius 2 is 1.90 bits per heavy atom. The summed E-state index contributed by atoms with van der Waals surface area (Å²) in [5, 5.41) is 0.943. The average molecular weight is 346 g/mol. The summed E-state index contributed by atoms with van der Waals surface area (Å²) in [4.78, 5) is 16.0. The summed E-state index contributed by atoms with van der Waals surface area (Å²) >= 11 is 5.22. The van der Waals surface area contributed by atoms with Gasteiger partial charge < -0.3 is 4.98 Å². The van der Waals surface area contributed by atoms with Crippen LogP contribution in [0.15, 0.2) is 51.8 Å². The molecule has 0 fully saturated rings. The normalized spacial score (nSPS) is 10.9. The quantitative estimate of drug-likeness (QED) is 0.527. The maximum Gasteiger partial charge on any atom is 0.152 e. The lowest BCUT2D eigenvalue weighted by atomic mass is 10.1. The van der Waals surface area contributed by atoms with Crippen molar-refractivity contribution in [2.24, 2.45) is 0 Å². The van der Waals surface area contributed by atoms with Gasteiger partial charge in [0.15, 0.2) is 6.29 Å². The molecule has 1 aromatic heterocycles. The minimum absolute atomic E-state index is 0.707. The zero-order valence-corrected chi connectivity index (χ0v) is 13.2. The molecular weight excluding hydrogens is 334 g/mol. The molecule has 0 amide bonds. The Kier molecular flexibility index (Phi) is 3.68. The number of H-pyrrole nitrogens is 1. The van der Waals surface area contributed by atoms with Gasteiger partial charge in [0.05, 0.1) is 11.2 Å². The summed E-state index contributed by atoms with van der Waals surface area (Å²) in [6.45, 7) is 0. The highest BCUT2D eigenvalue weighted by Crippen LogP contribution is 2.33. The van der Waals surface area contributed by atoms with Gasteiger partial charge in [-0.15, -0.1) is 11.8 Å². The molecule has 0 saturated heterocycles. The monoisotopic (exact) mass is 345 g/mol. The van der Waals surface area contributed by atoms with Gasteiger partial charge in [0, 0.05) is 20.3 Å². The van der Waals surface area contributed by atoms with Crippen LogP contribution in [0.1, 0.15) is 10.4 Å². The molecule has 0 aliphatic rings. The number of fused-ring (bicyclic) bond motifs is 1. The van der Waals surface area contributed by atoms with Crippen molar-refractivity contribution in [3.05, 3.63) is 52.5 Å². The Hall–Kier alpha value is -1.52. The molecule has 0 saturated carbocycles. The first-order valence-corrected chi connectivity index (χ1v) is 8.16. The van der Waals surface area contributed by atoms with E-state index in [2.05, 4.69) is 33.0 Å². The van der Waals surface area contributed by atoms with Crippen LogP contribution in [0.2, 0.25) is 0 Å². The Morgan fingerprint density at radius 3 is 2.55 bits per heavy atom. The van der Waals surface area contributed by atoms with Crippen molar-refractivity contribution in [3.63, 3.8) is 0 Å². The van der Waals surface area contributed by atoms with Gasteiger partial charge in [0.1, 0.15) is 0 Å². The number of para-hydroxylation sites is 1. The van der Waals surface area contributed by atoms with E-state index in [9.17, 15) is 4.79 Å². The highest BCUT2D eigenvalue weighted by atomic mass is 79.9. The SMILES string of the molecule is CSc1ccc(-c2[nH]c3c(Br)cccc3c2C=O)cc1. The Bertz CT molecular complexity index is 777. The second kappa shape index (κ2) is 5.46. The highest BCUT2D eigenvalue weighted by Gasteiger charge is 2.13. The molecular formula is C16H12BrNOS. The Labute approximate surface area is 129 Å². The fourth-order valence-corrected chi connectivity index (χ4v) is 3.18. The minimum Gasteiger partial charge on any atom is -0.353 e. The van der Waals surface area contributed by atoms with Crippen molar-refractivity contribution in [1.29, 1.82) is 0 Å². The molecule has 0 bridgehead atoms. The van der Waals surface area contributed by atoms with Crippen LogP contribution in [-0.2, 0) is 0 Å². The number of aromatic amines is 1. The minimum atomic E-state index is 0.707. The van der Waals surface area contributed by atoms with Crippen LogP contribution < -0.4 is 0 Å². The number of hydrogen-bond acceptors (Lipinski definition) is 2. The zero-order valence-electron chi connectivity index (χ0n) is 10.8. The van der Waals surface area contributed by atoms with E-state index in [1.807, 2.05) is 36.6 Å². The Morgan fingerprint density at radius 1 is 1.15 bits per heavy atom. The van der Waals surface area contributed by atoms with E-state index in [1.54, 1.807) is 11.8 Å². The third kappa shape index (κ3) is 2.19. The molecule has 2 nitrogen and oxygen atoms in total. The molecule has 0 radical (unpaired) electrons. The third-order valence-electron chi connectivity index (χ3n) is 3.32. The second-order valence-corrected chi connectivity index (χ2v) is 6.16. The summed E-state index contributed by atoms with van der Waals surface area (Å²) in [5.74, 6) is 0. The summed E-state index contributed by atoms with van der Waals surface area (Å²) in [5.41, 5.74) is 3.55. The van der Waals surface area contributed by atoms with Crippen LogP contribution in [-0.4, -0.2) is 17.5 Å². The fourth-order valence-electron chi connectivity index (χ4n) is 2.31. The first kappa shape index (κ1) is 13.5. The second-order valence-electron chi connectivity index (χ2n) is 4.42. The van der Waals surface area contributed by atoms with E-state index in [-0.39, 0.29) is 0 Å². The number of thioether (sulfide) groups is 1. The molecule has 0 atom stereocenters. The van der Waals surface area contributed by atoms with Gasteiger partial charge in [0.2, 0.25) is 0 Å². The zero-order chi connectivity index (χ0) is 14.1. The molecule has 1 heterocycles. The van der Waals surface area contributed by atoms with Gasteiger partial charge in [-0.25, -0.2) is 0 Å². The van der Waals surface area contributed by atoms with Crippen molar-refractivity contribution in [2.75, 3.05) is 6.26 Å². The number of carbonyl (C=O) groups excluding carboxylic acids is 1. The summed E-state index contributed by atoms with van der Waals surface area (Å²) in [6, 6.07) is 14.1. The number of hydrogen-bond donors (Lipinski definition) is 1. The van der Waals surface area contributed by atoms with Crippen LogP contribution in [0.5, 0.6) is 0 Å². The number of rotatable bonds is 3. The van der Waals surface area contributed by atoms with E-state index in [4.69, 9.17) is 0 Å². The van der Waals surface area contributed by atoms with Crippen molar-refractivity contribution in [1.82, 2.24) is 4.98 Å². The molecule has 0 aliphatic carbocycles. The molecule has 0 unspecified atom stereocenters. The van der Waals surface area contributed by atoms with E-state index in [1.165, 1.54) is 4.90 Å². The van der Waals surface area contributed by atoms with Crippen LogP contribution in [0.3, 0.4) is 0 Å². The predicted molar refractivity (Wildman–Crippen MR) is 88.6 cm³/mol. The number of carbonyl (C=O) groups is 1. The average Bonchev–Trinajstić information content (AvgIpc) is 2.87. The number of benzene rings is 2. The number of nitrogens with one attached hydrogen (secondary N) is 1. The molecule has 3 rings (SSSR count). The molecule has 0 spiro atoms. The molecule has 3 aromatic rings. The van der Waals surface area contributed by atoms with Gasteiger partial charge in [-0.05, 0) is 45.9 Å². The van der Waals surface area contributed by atoms with Gasteiger partial charge in [-0.1, -0.05) is 24.3 Å². The fraction of sp³-hybridized carbons (Fsp3) is 0.0625. The lowest BCUT2D eigenvalue weighted by Gasteiger charge is -2.01. The van der Waals surface area contributed by atoms with Crippen molar-refractivity contribution in [2.45, 2.75) is 4.90 Å². The van der Waals surface area contributed by atoms with Crippen LogP contribution in [0.25, 0.3) is 22.2 Å². The van der Waals surface area contributed by atoms with Gasteiger partial charge in [-0.3, -0.25) is 4.79 Å². The van der Waals surface area contributed by atoms with Crippen molar-refractivity contribution in [3.8, 4) is 11.3 Å². The van der Waals surface area contributed by atoms with E-state index < -0.39 is 0 Å². The summed E-state index contributed by atoms with van der Waals surface area (Å²) in [7, 11) is 0. The van der Waals surface area contributed by atoms with Gasteiger partial charge >= 0.3 is 0 Å². The number of aromatic nitrogens is 1. The smallest absolute Gasteiger partial charge is 0.152 e. The van der Waals surface area contributed by atoms with Crippen molar-refractivity contribution >= 4 is 44.9 Å². The van der Waals surface area contributed by atoms with E-state index in [0.29, 0.717) is 5.56 Å². The van der Waals surface area contributed by atoms with Crippen molar-refractivity contribution < 1.29 is 4.79 Å². The lowest BCUT2D eigenvalue weighted by molar-refractivity contribution is 0.112. The first-order chi connectivity index (χ1) is 9.74. The van der Waals surface area contributed by atoms with Crippen LogP contribution in [0.4, 0.5) is 0 Å². The maximum absolute atomic E-state index is 11.5. The Balaban J connectivity index is 2.24. The number of aldehydes is 1. The predicted octanol–water partition coefficient (Wildman–Crippen LogP) is 5.13. The third-order valence-corrected chi connectivity index (χ3v) is 4.72. The molecule has 4 heteroatoms. The topological polar surface area (TPSA) is 32.9 Å². The molecule has 100 valence electrons. The summed E-state index contributed by atoms with van der Waals surface area (Å²) < 4.78 is 0.963. The highest BCUT2D eigenvalue weighted by molar-refractivity contribution is 9.10. The largest absolute Gasteiger partial charge is 0.353 e. The molecule has 0 aliphatic heterocycles. The number of halogens is 1. The molecule has 2 aromatic carbocycles. The standard InChI is InChI=1S/C16H12BrNOS/c1-20-11-7-5-10(6-8-11)15-13(9-19)12-3-2-4-14(17)16(12)18-15/h2-9,18H,1H3. The molecule has 20 heavy (non-hydrogen) atoms. The van der Waals surface area contributed by atoms with Crippen LogP contribution in [0, 0.1) is 0 Å².